The van der Waals surface area contributed by atoms with Crippen LogP contribution in [0.5, 0.6) is 5.75 Å². The van der Waals surface area contributed by atoms with E-state index >= 15 is 0 Å². The van der Waals surface area contributed by atoms with Crippen molar-refractivity contribution in [2.45, 2.75) is 13.0 Å². The molecule has 0 aliphatic carbocycles. The van der Waals surface area contributed by atoms with Gasteiger partial charge in [-0.3, -0.25) is 4.79 Å². The number of halogens is 1. The molecule has 128 valence electrons. The highest BCUT2D eigenvalue weighted by Gasteiger charge is 2.19. The maximum absolute atomic E-state index is 12.8. The first-order valence-electron chi connectivity index (χ1n) is 7.37. The number of nitrogens with one attached hydrogen (secondary N) is 1. The van der Waals surface area contributed by atoms with Gasteiger partial charge in [-0.1, -0.05) is 12.1 Å². The van der Waals surface area contributed by atoms with E-state index in [1.807, 2.05) is 6.07 Å². The largest absolute Gasteiger partial charge is 0.482 e. The molecule has 1 atom stereocenters. The molecular formula is C18H15FN2O4. The summed E-state index contributed by atoms with van der Waals surface area (Å²) in [7, 11) is 0. The summed E-state index contributed by atoms with van der Waals surface area (Å²) in [4.78, 5) is 23.8. The number of benzene rings is 2. The third-order valence-corrected chi connectivity index (χ3v) is 3.15. The van der Waals surface area contributed by atoms with E-state index in [1.54, 1.807) is 24.3 Å². The minimum atomic E-state index is -1.07. The highest BCUT2D eigenvalue weighted by Crippen LogP contribution is 2.14. The molecule has 0 aromatic heterocycles. The van der Waals surface area contributed by atoms with Crippen molar-refractivity contribution >= 4 is 17.6 Å². The maximum atomic E-state index is 12.8. The second kappa shape index (κ2) is 8.45. The number of nitriles is 1. The summed E-state index contributed by atoms with van der Waals surface area (Å²) in [5.41, 5.74) is 0.634. The lowest BCUT2D eigenvalue weighted by molar-refractivity contribution is -0.155. The fourth-order valence-corrected chi connectivity index (χ4v) is 1.88. The van der Waals surface area contributed by atoms with Gasteiger partial charge in [0.05, 0.1) is 11.3 Å². The SMILES string of the molecule is C[C@H](OC(=O)COc1ccc(F)cc1)C(=O)Nc1ccccc1C#N. The molecule has 0 radical (unpaired) electrons. The first kappa shape index (κ1) is 17.9. The molecule has 0 saturated heterocycles. The molecule has 2 aromatic carbocycles. The van der Waals surface area contributed by atoms with Crippen LogP contribution >= 0.6 is 0 Å². The van der Waals surface area contributed by atoms with E-state index in [-0.39, 0.29) is 0 Å². The molecule has 0 bridgehead atoms. The number of ether oxygens (including phenoxy) is 2. The lowest BCUT2D eigenvalue weighted by Gasteiger charge is -2.14. The quantitative estimate of drug-likeness (QED) is 0.815. The van der Waals surface area contributed by atoms with Gasteiger partial charge in [0.25, 0.3) is 5.91 Å². The highest BCUT2D eigenvalue weighted by atomic mass is 19.1. The molecule has 0 spiro atoms. The lowest BCUT2D eigenvalue weighted by atomic mass is 10.2. The minimum Gasteiger partial charge on any atom is -0.482 e. The Morgan fingerprint density at radius 2 is 1.88 bits per heavy atom. The van der Waals surface area contributed by atoms with Gasteiger partial charge in [-0.05, 0) is 43.3 Å². The average molecular weight is 342 g/mol. The Balaban J connectivity index is 1.84. The van der Waals surface area contributed by atoms with E-state index in [4.69, 9.17) is 14.7 Å². The normalized spacial score (nSPS) is 11.1. The molecule has 0 saturated carbocycles. The smallest absolute Gasteiger partial charge is 0.344 e. The van der Waals surface area contributed by atoms with Crippen LogP contribution in [0.3, 0.4) is 0 Å². The molecule has 0 heterocycles. The van der Waals surface area contributed by atoms with Crippen LogP contribution in [0.4, 0.5) is 10.1 Å². The number of amides is 1. The van der Waals surface area contributed by atoms with Crippen LogP contribution in [0.1, 0.15) is 12.5 Å². The van der Waals surface area contributed by atoms with Gasteiger partial charge in [0.2, 0.25) is 0 Å². The fraction of sp³-hybridized carbons (Fsp3) is 0.167. The third kappa shape index (κ3) is 5.32. The molecule has 1 amide bonds. The first-order chi connectivity index (χ1) is 12.0. The number of anilines is 1. The maximum Gasteiger partial charge on any atom is 0.344 e. The standard InChI is InChI=1S/C18H15FN2O4/c1-12(18(23)21-16-5-3-2-4-13(16)10-20)25-17(22)11-24-15-8-6-14(19)7-9-15/h2-9,12H,11H2,1H3,(H,21,23)/t12-/m0/s1. The molecular weight excluding hydrogens is 327 g/mol. The van der Waals surface area contributed by atoms with E-state index in [9.17, 15) is 14.0 Å². The van der Waals surface area contributed by atoms with Gasteiger partial charge in [0.1, 0.15) is 17.6 Å². The lowest BCUT2D eigenvalue weighted by Crippen LogP contribution is -2.31. The summed E-state index contributed by atoms with van der Waals surface area (Å²) in [6, 6.07) is 13.6. The zero-order valence-corrected chi connectivity index (χ0v) is 13.4. The molecule has 0 aliphatic rings. The summed E-state index contributed by atoms with van der Waals surface area (Å²) < 4.78 is 22.9. The second-order valence-corrected chi connectivity index (χ2v) is 5.02. The Hall–Kier alpha value is -3.40. The Morgan fingerprint density at radius 1 is 1.20 bits per heavy atom. The molecule has 1 N–H and O–H groups in total. The van der Waals surface area contributed by atoms with Crippen molar-refractivity contribution in [3.63, 3.8) is 0 Å². The van der Waals surface area contributed by atoms with Crippen molar-refractivity contribution in [3.8, 4) is 11.8 Å². The fourth-order valence-electron chi connectivity index (χ4n) is 1.88. The average Bonchev–Trinajstić information content (AvgIpc) is 2.61. The van der Waals surface area contributed by atoms with Crippen molar-refractivity contribution in [1.29, 1.82) is 5.26 Å². The van der Waals surface area contributed by atoms with E-state index in [0.717, 1.165) is 0 Å². The van der Waals surface area contributed by atoms with Gasteiger partial charge < -0.3 is 14.8 Å². The molecule has 2 aromatic rings. The second-order valence-electron chi connectivity index (χ2n) is 5.02. The summed E-state index contributed by atoms with van der Waals surface area (Å²) >= 11 is 0. The van der Waals surface area contributed by atoms with Crippen molar-refractivity contribution < 1.29 is 23.5 Å². The van der Waals surface area contributed by atoms with Gasteiger partial charge in [-0.15, -0.1) is 0 Å². The topological polar surface area (TPSA) is 88.4 Å². The Labute approximate surface area is 143 Å². The summed E-state index contributed by atoms with van der Waals surface area (Å²) in [5, 5.41) is 11.5. The summed E-state index contributed by atoms with van der Waals surface area (Å²) in [5.74, 6) is -1.44. The minimum absolute atomic E-state index is 0.300. The molecule has 0 unspecified atom stereocenters. The van der Waals surface area contributed by atoms with Crippen LogP contribution in [0.25, 0.3) is 0 Å². The van der Waals surface area contributed by atoms with Crippen LogP contribution in [0, 0.1) is 17.1 Å². The number of nitrogens with zero attached hydrogens (tertiary/aromatic N) is 1. The van der Waals surface area contributed by atoms with Crippen molar-refractivity contribution in [3.05, 3.63) is 59.9 Å². The highest BCUT2D eigenvalue weighted by molar-refractivity contribution is 5.96. The number of para-hydroxylation sites is 1. The Bertz CT molecular complexity index is 799. The zero-order chi connectivity index (χ0) is 18.2. The van der Waals surface area contributed by atoms with Crippen molar-refractivity contribution in [2.24, 2.45) is 0 Å². The van der Waals surface area contributed by atoms with Crippen LogP contribution in [0.2, 0.25) is 0 Å². The van der Waals surface area contributed by atoms with E-state index < -0.39 is 30.4 Å². The Morgan fingerprint density at radius 3 is 2.56 bits per heavy atom. The first-order valence-corrected chi connectivity index (χ1v) is 7.37. The van der Waals surface area contributed by atoms with Gasteiger partial charge in [-0.25, -0.2) is 9.18 Å². The number of hydrogen-bond donors (Lipinski definition) is 1. The van der Waals surface area contributed by atoms with E-state index in [1.165, 1.54) is 31.2 Å². The van der Waals surface area contributed by atoms with Crippen LogP contribution in [0.15, 0.2) is 48.5 Å². The Kier molecular flexibility index (Phi) is 6.07. The van der Waals surface area contributed by atoms with Crippen LogP contribution in [-0.4, -0.2) is 24.6 Å². The number of carbonyl (C=O) groups excluding carboxylic acids is 2. The van der Waals surface area contributed by atoms with Gasteiger partial charge in [-0.2, -0.15) is 5.26 Å². The zero-order valence-electron chi connectivity index (χ0n) is 13.4. The number of hydrogen-bond acceptors (Lipinski definition) is 5. The molecule has 6 nitrogen and oxygen atoms in total. The molecule has 25 heavy (non-hydrogen) atoms. The summed E-state index contributed by atoms with van der Waals surface area (Å²) in [6.45, 7) is 0.984. The van der Waals surface area contributed by atoms with E-state index in [2.05, 4.69) is 5.32 Å². The number of carbonyl (C=O) groups is 2. The van der Waals surface area contributed by atoms with Crippen molar-refractivity contribution in [1.82, 2.24) is 0 Å². The predicted octanol–water partition coefficient (Wildman–Crippen LogP) is 2.65. The van der Waals surface area contributed by atoms with Gasteiger partial charge in [0, 0.05) is 0 Å². The summed E-state index contributed by atoms with van der Waals surface area (Å²) in [6.07, 6.45) is -1.07. The molecule has 0 fully saturated rings. The van der Waals surface area contributed by atoms with Crippen LogP contribution in [-0.2, 0) is 14.3 Å². The van der Waals surface area contributed by atoms with Gasteiger partial charge >= 0.3 is 5.97 Å². The molecule has 7 heteroatoms. The molecule has 2 rings (SSSR count). The monoisotopic (exact) mass is 342 g/mol. The van der Waals surface area contributed by atoms with Crippen LogP contribution < -0.4 is 10.1 Å². The van der Waals surface area contributed by atoms with Crippen molar-refractivity contribution in [2.75, 3.05) is 11.9 Å². The number of esters is 1. The number of rotatable bonds is 6. The van der Waals surface area contributed by atoms with E-state index in [0.29, 0.717) is 17.0 Å². The predicted molar refractivity (Wildman–Crippen MR) is 87.2 cm³/mol. The molecule has 0 aliphatic heterocycles. The third-order valence-electron chi connectivity index (χ3n) is 3.15. The van der Waals surface area contributed by atoms with Gasteiger partial charge in [0.15, 0.2) is 12.7 Å².